The first-order valence-electron chi connectivity index (χ1n) is 6.58. The van der Waals surface area contributed by atoms with E-state index in [2.05, 4.69) is 5.32 Å². The van der Waals surface area contributed by atoms with E-state index in [4.69, 9.17) is 0 Å². The van der Waals surface area contributed by atoms with Crippen LogP contribution in [0.15, 0.2) is 18.2 Å². The number of hydrogen-bond acceptors (Lipinski definition) is 3. The number of amides is 1. The Morgan fingerprint density at radius 1 is 1.33 bits per heavy atom. The van der Waals surface area contributed by atoms with Crippen molar-refractivity contribution in [1.29, 1.82) is 0 Å². The molecule has 0 unspecified atom stereocenters. The van der Waals surface area contributed by atoms with Gasteiger partial charge in [0, 0.05) is 30.9 Å². The zero-order chi connectivity index (χ0) is 12.5. The Kier molecular flexibility index (Phi) is 2.96. The molecule has 2 N–H and O–H groups in total. The highest BCUT2D eigenvalue weighted by Crippen LogP contribution is 2.24. The monoisotopic (exact) mass is 246 g/mol. The Morgan fingerprint density at radius 2 is 2.11 bits per heavy atom. The molecule has 2 heterocycles. The van der Waals surface area contributed by atoms with Crippen LogP contribution in [0.5, 0.6) is 0 Å². The van der Waals surface area contributed by atoms with Crippen LogP contribution >= 0.6 is 0 Å². The van der Waals surface area contributed by atoms with Gasteiger partial charge in [0.2, 0.25) is 0 Å². The summed E-state index contributed by atoms with van der Waals surface area (Å²) in [4.78, 5) is 14.2. The lowest BCUT2D eigenvalue weighted by Gasteiger charge is -2.29. The normalized spacial score (nSPS) is 19.5. The van der Waals surface area contributed by atoms with Gasteiger partial charge in [-0.1, -0.05) is 6.07 Å². The van der Waals surface area contributed by atoms with Crippen LogP contribution in [-0.2, 0) is 6.42 Å². The van der Waals surface area contributed by atoms with Gasteiger partial charge in [0.1, 0.15) is 0 Å². The Bertz CT molecular complexity index is 465. The Morgan fingerprint density at radius 3 is 2.89 bits per heavy atom. The summed E-state index contributed by atoms with van der Waals surface area (Å²) in [7, 11) is 0. The Labute approximate surface area is 107 Å². The van der Waals surface area contributed by atoms with Gasteiger partial charge in [0.25, 0.3) is 5.91 Å². The molecule has 0 radical (unpaired) electrons. The van der Waals surface area contributed by atoms with Gasteiger partial charge in [-0.25, -0.2) is 0 Å². The Hall–Kier alpha value is -1.55. The van der Waals surface area contributed by atoms with Gasteiger partial charge in [-0.3, -0.25) is 4.79 Å². The van der Waals surface area contributed by atoms with Crippen molar-refractivity contribution in [1.82, 2.24) is 4.90 Å². The second-order valence-electron chi connectivity index (χ2n) is 5.07. The summed E-state index contributed by atoms with van der Waals surface area (Å²) in [6.45, 7) is 2.28. The summed E-state index contributed by atoms with van der Waals surface area (Å²) < 4.78 is 0. The first-order chi connectivity index (χ1) is 8.74. The standard InChI is InChI=1S/C14H18N2O2/c17-12-4-7-16(8-5-12)14(18)11-2-1-10-3-6-15-13(10)9-11/h1-2,9,12,15,17H,3-8H2. The van der Waals surface area contributed by atoms with E-state index in [1.54, 1.807) is 0 Å². The lowest BCUT2D eigenvalue weighted by atomic mass is 10.0. The molecule has 3 rings (SSSR count). The lowest BCUT2D eigenvalue weighted by Crippen LogP contribution is -2.40. The number of nitrogens with zero attached hydrogens (tertiary/aromatic N) is 1. The van der Waals surface area contributed by atoms with E-state index in [1.807, 2.05) is 23.1 Å². The van der Waals surface area contributed by atoms with E-state index in [1.165, 1.54) is 5.56 Å². The summed E-state index contributed by atoms with van der Waals surface area (Å²) in [5, 5.41) is 12.8. The van der Waals surface area contributed by atoms with Crippen LogP contribution in [0.1, 0.15) is 28.8 Å². The molecule has 0 spiro atoms. The van der Waals surface area contributed by atoms with E-state index in [0.717, 1.165) is 24.2 Å². The average Bonchev–Trinajstić information content (AvgIpc) is 2.86. The van der Waals surface area contributed by atoms with Crippen molar-refractivity contribution in [3.05, 3.63) is 29.3 Å². The minimum absolute atomic E-state index is 0.0819. The van der Waals surface area contributed by atoms with Crippen molar-refractivity contribution in [3.8, 4) is 0 Å². The van der Waals surface area contributed by atoms with E-state index in [-0.39, 0.29) is 12.0 Å². The molecule has 4 heteroatoms. The Balaban J connectivity index is 1.76. The zero-order valence-electron chi connectivity index (χ0n) is 10.4. The molecule has 1 aromatic carbocycles. The third kappa shape index (κ3) is 2.08. The largest absolute Gasteiger partial charge is 0.393 e. The fourth-order valence-corrected chi connectivity index (χ4v) is 2.68. The molecule has 1 fully saturated rings. The summed E-state index contributed by atoms with van der Waals surface area (Å²) in [6, 6.07) is 5.91. The van der Waals surface area contributed by atoms with Crippen LogP contribution in [0.4, 0.5) is 5.69 Å². The molecule has 2 aliphatic rings. The predicted molar refractivity (Wildman–Crippen MR) is 69.8 cm³/mol. The van der Waals surface area contributed by atoms with Gasteiger partial charge in [0.15, 0.2) is 0 Å². The summed E-state index contributed by atoms with van der Waals surface area (Å²) in [5.74, 6) is 0.0819. The number of fused-ring (bicyclic) bond motifs is 1. The van der Waals surface area contributed by atoms with Crippen LogP contribution in [0.25, 0.3) is 0 Å². The maximum Gasteiger partial charge on any atom is 0.253 e. The molecule has 1 saturated heterocycles. The molecule has 0 saturated carbocycles. The van der Waals surface area contributed by atoms with Crippen molar-refractivity contribution >= 4 is 11.6 Å². The molecular formula is C14H18N2O2. The van der Waals surface area contributed by atoms with Crippen LogP contribution in [0.3, 0.4) is 0 Å². The lowest BCUT2D eigenvalue weighted by molar-refractivity contribution is 0.0546. The van der Waals surface area contributed by atoms with Crippen LogP contribution in [-0.4, -0.2) is 41.7 Å². The van der Waals surface area contributed by atoms with Gasteiger partial charge in [-0.05, 0) is 37.0 Å². The molecule has 1 amide bonds. The van der Waals surface area contributed by atoms with Crippen molar-refractivity contribution in [2.45, 2.75) is 25.4 Å². The highest BCUT2D eigenvalue weighted by atomic mass is 16.3. The van der Waals surface area contributed by atoms with Crippen molar-refractivity contribution < 1.29 is 9.90 Å². The van der Waals surface area contributed by atoms with Gasteiger partial charge >= 0.3 is 0 Å². The molecule has 1 aromatic rings. The number of rotatable bonds is 1. The SMILES string of the molecule is O=C(c1ccc2c(c1)NCC2)N1CCC(O)CC1. The maximum absolute atomic E-state index is 12.3. The number of anilines is 1. The molecule has 18 heavy (non-hydrogen) atoms. The van der Waals surface area contributed by atoms with E-state index < -0.39 is 0 Å². The van der Waals surface area contributed by atoms with Crippen molar-refractivity contribution in [2.24, 2.45) is 0 Å². The van der Waals surface area contributed by atoms with Gasteiger partial charge in [-0.15, -0.1) is 0 Å². The zero-order valence-corrected chi connectivity index (χ0v) is 10.4. The minimum atomic E-state index is -0.240. The molecule has 0 bridgehead atoms. The highest BCUT2D eigenvalue weighted by Gasteiger charge is 2.23. The van der Waals surface area contributed by atoms with Gasteiger partial charge < -0.3 is 15.3 Å². The van der Waals surface area contributed by atoms with Crippen molar-refractivity contribution in [2.75, 3.05) is 25.0 Å². The number of likely N-dealkylation sites (tertiary alicyclic amines) is 1. The predicted octanol–water partition coefficient (Wildman–Crippen LogP) is 1.25. The molecule has 0 aromatic heterocycles. The van der Waals surface area contributed by atoms with Crippen LogP contribution in [0.2, 0.25) is 0 Å². The molecule has 4 nitrogen and oxygen atoms in total. The summed E-state index contributed by atoms with van der Waals surface area (Å²) in [5.41, 5.74) is 3.14. The maximum atomic E-state index is 12.3. The number of benzene rings is 1. The van der Waals surface area contributed by atoms with Crippen molar-refractivity contribution in [3.63, 3.8) is 0 Å². The summed E-state index contributed by atoms with van der Waals surface area (Å²) in [6.07, 6.45) is 2.18. The number of nitrogens with one attached hydrogen (secondary N) is 1. The molecular weight excluding hydrogens is 228 g/mol. The first-order valence-corrected chi connectivity index (χ1v) is 6.58. The molecule has 2 aliphatic heterocycles. The van der Waals surface area contributed by atoms with E-state index in [9.17, 15) is 9.90 Å². The van der Waals surface area contributed by atoms with Gasteiger partial charge in [0.05, 0.1) is 6.10 Å². The third-order valence-corrected chi connectivity index (χ3v) is 3.82. The first kappa shape index (κ1) is 11.5. The smallest absolute Gasteiger partial charge is 0.253 e. The number of hydrogen-bond donors (Lipinski definition) is 2. The van der Waals surface area contributed by atoms with E-state index in [0.29, 0.717) is 25.9 Å². The number of aliphatic hydroxyl groups excluding tert-OH is 1. The third-order valence-electron chi connectivity index (χ3n) is 3.82. The highest BCUT2D eigenvalue weighted by molar-refractivity contribution is 5.95. The van der Waals surface area contributed by atoms with E-state index >= 15 is 0 Å². The number of piperidine rings is 1. The number of carbonyl (C=O) groups excluding carboxylic acids is 1. The molecule has 96 valence electrons. The quantitative estimate of drug-likeness (QED) is 0.784. The number of aliphatic hydroxyl groups is 1. The van der Waals surface area contributed by atoms with Crippen LogP contribution < -0.4 is 5.32 Å². The topological polar surface area (TPSA) is 52.6 Å². The second kappa shape index (κ2) is 4.61. The molecule has 0 aliphatic carbocycles. The number of carbonyl (C=O) groups is 1. The van der Waals surface area contributed by atoms with Crippen LogP contribution in [0, 0.1) is 0 Å². The second-order valence-corrected chi connectivity index (χ2v) is 5.07. The fourth-order valence-electron chi connectivity index (χ4n) is 2.68. The fraction of sp³-hybridized carbons (Fsp3) is 0.500. The summed E-state index contributed by atoms with van der Waals surface area (Å²) >= 11 is 0. The minimum Gasteiger partial charge on any atom is -0.393 e. The molecule has 0 atom stereocenters. The van der Waals surface area contributed by atoms with Gasteiger partial charge in [-0.2, -0.15) is 0 Å². The average molecular weight is 246 g/mol.